The van der Waals surface area contributed by atoms with Crippen molar-refractivity contribution in [1.29, 1.82) is 0 Å². The fourth-order valence-corrected chi connectivity index (χ4v) is 2.56. The maximum Gasteiger partial charge on any atom is 0.411 e. The van der Waals surface area contributed by atoms with Gasteiger partial charge in [-0.15, -0.1) is 0 Å². The van der Waals surface area contributed by atoms with E-state index in [1.54, 1.807) is 0 Å². The van der Waals surface area contributed by atoms with Crippen LogP contribution < -0.4 is 5.32 Å². The van der Waals surface area contributed by atoms with E-state index in [4.69, 9.17) is 0 Å². The van der Waals surface area contributed by atoms with Gasteiger partial charge in [-0.2, -0.15) is 13.2 Å². The molecule has 2 rings (SSSR count). The highest BCUT2D eigenvalue weighted by Crippen LogP contribution is 2.54. The van der Waals surface area contributed by atoms with Crippen molar-refractivity contribution in [1.82, 2.24) is 10.2 Å². The van der Waals surface area contributed by atoms with Gasteiger partial charge >= 0.3 is 6.18 Å². The van der Waals surface area contributed by atoms with Gasteiger partial charge < -0.3 is 10.2 Å². The van der Waals surface area contributed by atoms with Crippen molar-refractivity contribution in [3.05, 3.63) is 0 Å². The predicted molar refractivity (Wildman–Crippen MR) is 56.4 cm³/mol. The molecule has 1 atom stereocenters. The van der Waals surface area contributed by atoms with Gasteiger partial charge in [-0.3, -0.25) is 4.79 Å². The molecule has 2 aliphatic rings. The molecule has 1 amide bonds. The predicted octanol–water partition coefficient (Wildman–Crippen LogP) is 1.68. The summed E-state index contributed by atoms with van der Waals surface area (Å²) >= 11 is 0. The molecule has 2 fully saturated rings. The molecule has 1 unspecified atom stereocenters. The molecule has 0 radical (unpaired) electrons. The van der Waals surface area contributed by atoms with E-state index < -0.39 is 17.8 Å². The number of hydrogen-bond acceptors (Lipinski definition) is 2. The molecule has 3 nitrogen and oxygen atoms in total. The number of carbonyl (C=O) groups excluding carboxylic acids is 1. The van der Waals surface area contributed by atoms with Gasteiger partial charge in [-0.05, 0) is 32.2 Å². The van der Waals surface area contributed by atoms with Gasteiger partial charge in [-0.25, -0.2) is 0 Å². The number of hydrogen-bond donors (Lipinski definition) is 1. The Balaban J connectivity index is 2.14. The summed E-state index contributed by atoms with van der Waals surface area (Å²) in [6, 6.07) is -0.437. The van der Waals surface area contributed by atoms with Crippen LogP contribution in [0.3, 0.4) is 0 Å². The molecule has 1 aliphatic carbocycles. The van der Waals surface area contributed by atoms with Crippen molar-refractivity contribution in [2.45, 2.75) is 50.4 Å². The van der Waals surface area contributed by atoms with Gasteiger partial charge in [-0.1, -0.05) is 6.92 Å². The summed E-state index contributed by atoms with van der Waals surface area (Å²) in [6.45, 7) is 2.69. The van der Waals surface area contributed by atoms with Crippen LogP contribution >= 0.6 is 0 Å². The average Bonchev–Trinajstić information content (AvgIpc) is 3.01. The monoisotopic (exact) mass is 250 g/mol. The first kappa shape index (κ1) is 12.7. The number of amides is 1. The van der Waals surface area contributed by atoms with Crippen LogP contribution in [0.5, 0.6) is 0 Å². The number of alkyl halides is 3. The van der Waals surface area contributed by atoms with E-state index in [9.17, 15) is 18.0 Å². The van der Waals surface area contributed by atoms with Crippen molar-refractivity contribution >= 4 is 5.91 Å². The second-order valence-electron chi connectivity index (χ2n) is 4.77. The molecule has 17 heavy (non-hydrogen) atoms. The Morgan fingerprint density at radius 1 is 1.47 bits per heavy atom. The first-order valence-electron chi connectivity index (χ1n) is 6.04. The molecule has 0 aromatic heterocycles. The number of halogens is 3. The minimum Gasteiger partial charge on any atom is -0.327 e. The van der Waals surface area contributed by atoms with Crippen LogP contribution in [0.1, 0.15) is 32.6 Å². The Hall–Kier alpha value is -0.780. The summed E-state index contributed by atoms with van der Waals surface area (Å²) < 4.78 is 38.9. The molecule has 1 aliphatic heterocycles. The third-order valence-corrected chi connectivity index (χ3v) is 3.66. The Labute approximate surface area is 98.3 Å². The molecule has 0 spiro atoms. The molecule has 6 heteroatoms. The lowest BCUT2D eigenvalue weighted by molar-refractivity contribution is -0.203. The SMILES string of the molecule is CCNC1CCCN(C2(C(F)(F)F)CC2)C1=O. The first-order valence-corrected chi connectivity index (χ1v) is 6.04. The summed E-state index contributed by atoms with van der Waals surface area (Å²) in [4.78, 5) is 13.1. The Morgan fingerprint density at radius 2 is 2.12 bits per heavy atom. The summed E-state index contributed by atoms with van der Waals surface area (Å²) in [5.74, 6) is -0.382. The molecule has 0 aromatic carbocycles. The zero-order chi connectivity index (χ0) is 12.7. The van der Waals surface area contributed by atoms with E-state index in [2.05, 4.69) is 5.32 Å². The second kappa shape index (κ2) is 4.15. The molecular weight excluding hydrogens is 233 g/mol. The number of carbonyl (C=O) groups is 1. The van der Waals surface area contributed by atoms with Crippen molar-refractivity contribution < 1.29 is 18.0 Å². The Bertz CT molecular complexity index is 310. The molecule has 1 saturated carbocycles. The zero-order valence-corrected chi connectivity index (χ0v) is 9.81. The first-order chi connectivity index (χ1) is 7.92. The lowest BCUT2D eigenvalue weighted by Gasteiger charge is -2.39. The molecule has 1 heterocycles. The van der Waals surface area contributed by atoms with Gasteiger partial charge in [0.1, 0.15) is 5.54 Å². The molecule has 98 valence electrons. The van der Waals surface area contributed by atoms with E-state index >= 15 is 0 Å². The van der Waals surface area contributed by atoms with Crippen molar-refractivity contribution in [2.24, 2.45) is 0 Å². The van der Waals surface area contributed by atoms with Crippen LogP contribution in [0.2, 0.25) is 0 Å². The fraction of sp³-hybridized carbons (Fsp3) is 0.909. The van der Waals surface area contributed by atoms with Crippen molar-refractivity contribution in [3.63, 3.8) is 0 Å². The van der Waals surface area contributed by atoms with Crippen LogP contribution in [-0.2, 0) is 4.79 Å². The number of likely N-dealkylation sites (tertiary alicyclic amines) is 1. The van der Waals surface area contributed by atoms with E-state index in [1.807, 2.05) is 6.92 Å². The maximum atomic E-state index is 13.0. The van der Waals surface area contributed by atoms with Gasteiger partial charge in [0.25, 0.3) is 0 Å². The number of rotatable bonds is 3. The van der Waals surface area contributed by atoms with E-state index in [0.717, 1.165) is 4.90 Å². The van der Waals surface area contributed by atoms with E-state index in [1.165, 1.54) is 0 Å². The number of piperidine rings is 1. The molecule has 0 bridgehead atoms. The highest BCUT2D eigenvalue weighted by Gasteiger charge is 2.68. The summed E-state index contributed by atoms with van der Waals surface area (Å²) in [6.07, 6.45) is -2.91. The molecule has 1 N–H and O–H groups in total. The summed E-state index contributed by atoms with van der Waals surface area (Å²) in [5.41, 5.74) is -1.85. The van der Waals surface area contributed by atoms with Gasteiger partial charge in [0.2, 0.25) is 5.91 Å². The maximum absolute atomic E-state index is 13.0. The zero-order valence-electron chi connectivity index (χ0n) is 9.81. The largest absolute Gasteiger partial charge is 0.411 e. The minimum absolute atomic E-state index is 0.0566. The third-order valence-electron chi connectivity index (χ3n) is 3.66. The average molecular weight is 250 g/mol. The van der Waals surface area contributed by atoms with Gasteiger partial charge in [0, 0.05) is 6.54 Å². The molecular formula is C11H17F3N2O. The number of nitrogens with zero attached hydrogens (tertiary/aromatic N) is 1. The van der Waals surface area contributed by atoms with E-state index in [-0.39, 0.29) is 25.3 Å². The van der Waals surface area contributed by atoms with Crippen LogP contribution in [0.4, 0.5) is 13.2 Å². The lowest BCUT2D eigenvalue weighted by atomic mass is 10.0. The van der Waals surface area contributed by atoms with Crippen LogP contribution in [0.25, 0.3) is 0 Å². The Morgan fingerprint density at radius 3 is 2.59 bits per heavy atom. The van der Waals surface area contributed by atoms with Crippen molar-refractivity contribution in [3.8, 4) is 0 Å². The van der Waals surface area contributed by atoms with Crippen molar-refractivity contribution in [2.75, 3.05) is 13.1 Å². The Kier molecular flexibility index (Phi) is 3.10. The summed E-state index contributed by atoms with van der Waals surface area (Å²) in [5, 5.41) is 2.96. The van der Waals surface area contributed by atoms with Crippen LogP contribution in [0.15, 0.2) is 0 Å². The van der Waals surface area contributed by atoms with Gasteiger partial charge in [0.15, 0.2) is 0 Å². The number of likely N-dealkylation sites (N-methyl/N-ethyl adjacent to an activating group) is 1. The van der Waals surface area contributed by atoms with E-state index in [0.29, 0.717) is 19.4 Å². The topological polar surface area (TPSA) is 32.3 Å². The smallest absolute Gasteiger partial charge is 0.327 e. The highest BCUT2D eigenvalue weighted by molar-refractivity contribution is 5.84. The summed E-state index contributed by atoms with van der Waals surface area (Å²) in [7, 11) is 0. The minimum atomic E-state index is -4.29. The fourth-order valence-electron chi connectivity index (χ4n) is 2.56. The molecule has 1 saturated heterocycles. The van der Waals surface area contributed by atoms with Crippen LogP contribution in [0, 0.1) is 0 Å². The van der Waals surface area contributed by atoms with Gasteiger partial charge in [0.05, 0.1) is 6.04 Å². The number of nitrogens with one attached hydrogen (secondary N) is 1. The quantitative estimate of drug-likeness (QED) is 0.826. The molecule has 0 aromatic rings. The third kappa shape index (κ3) is 2.03. The normalized spacial score (nSPS) is 28.4. The standard InChI is InChI=1S/C11H17F3N2O/c1-2-15-8-4-3-7-16(9(8)17)10(5-6-10)11(12,13)14/h8,15H,2-7H2,1H3. The van der Waals surface area contributed by atoms with Crippen LogP contribution in [-0.4, -0.2) is 41.7 Å². The second-order valence-corrected chi connectivity index (χ2v) is 4.77. The highest BCUT2D eigenvalue weighted by atomic mass is 19.4. The lowest BCUT2D eigenvalue weighted by Crippen LogP contribution is -2.59.